The van der Waals surface area contributed by atoms with Gasteiger partial charge in [-0.1, -0.05) is 51.9 Å². The minimum atomic E-state index is -0.156. The van der Waals surface area contributed by atoms with E-state index in [1.807, 2.05) is 0 Å². The molecule has 0 aliphatic heterocycles. The lowest BCUT2D eigenvalue weighted by Gasteiger charge is -2.36. The largest absolute Gasteiger partial charge is 0.251 e. The van der Waals surface area contributed by atoms with Crippen molar-refractivity contribution in [1.29, 1.82) is 0 Å². The quantitative estimate of drug-likeness (QED) is 0.346. The highest BCUT2D eigenvalue weighted by molar-refractivity contribution is 5.01. The Balaban J connectivity index is 2.26. The van der Waals surface area contributed by atoms with Crippen LogP contribution in [0, 0.1) is 17.8 Å². The molecular formula is C19H35F2. The maximum Gasteiger partial charge on any atom is 0.0894 e. The fraction of sp³-hybridized carbons (Fsp3) is 0.947. The van der Waals surface area contributed by atoms with E-state index < -0.39 is 0 Å². The molecule has 0 saturated heterocycles. The number of hydrogen-bond acceptors (Lipinski definition) is 0. The van der Waals surface area contributed by atoms with Gasteiger partial charge in [0.2, 0.25) is 0 Å². The number of alkyl halides is 2. The van der Waals surface area contributed by atoms with E-state index in [0.29, 0.717) is 0 Å². The minimum Gasteiger partial charge on any atom is -0.251 e. The molecule has 0 aromatic rings. The Labute approximate surface area is 131 Å². The van der Waals surface area contributed by atoms with Crippen LogP contribution in [0.4, 0.5) is 8.78 Å². The molecule has 0 aromatic heterocycles. The summed E-state index contributed by atoms with van der Waals surface area (Å²) >= 11 is 0. The van der Waals surface area contributed by atoms with E-state index in [-0.39, 0.29) is 13.3 Å². The van der Waals surface area contributed by atoms with Crippen molar-refractivity contribution in [2.75, 3.05) is 13.3 Å². The van der Waals surface area contributed by atoms with Crippen molar-refractivity contribution in [2.45, 2.75) is 90.4 Å². The van der Waals surface area contributed by atoms with Gasteiger partial charge in [-0.15, -0.1) is 0 Å². The van der Waals surface area contributed by atoms with Crippen LogP contribution in [-0.4, -0.2) is 13.3 Å². The van der Waals surface area contributed by atoms with Crippen molar-refractivity contribution >= 4 is 0 Å². The van der Waals surface area contributed by atoms with Crippen LogP contribution in [0.1, 0.15) is 90.4 Å². The van der Waals surface area contributed by atoms with Crippen molar-refractivity contribution in [3.8, 4) is 0 Å². The monoisotopic (exact) mass is 301 g/mol. The zero-order chi connectivity index (χ0) is 15.3. The summed E-state index contributed by atoms with van der Waals surface area (Å²) in [6, 6.07) is 0. The van der Waals surface area contributed by atoms with Gasteiger partial charge >= 0.3 is 0 Å². The smallest absolute Gasteiger partial charge is 0.0894 e. The molecule has 0 N–H and O–H groups in total. The van der Waals surface area contributed by atoms with E-state index in [1.54, 1.807) is 5.92 Å². The van der Waals surface area contributed by atoms with Crippen molar-refractivity contribution in [3.05, 3.63) is 5.92 Å². The lowest BCUT2D eigenvalue weighted by Crippen LogP contribution is -2.23. The van der Waals surface area contributed by atoms with Gasteiger partial charge in [0.25, 0.3) is 0 Å². The first-order chi connectivity index (χ1) is 10.3. The molecule has 0 aromatic carbocycles. The van der Waals surface area contributed by atoms with Crippen LogP contribution in [0.25, 0.3) is 0 Å². The fourth-order valence-electron chi connectivity index (χ4n) is 3.87. The van der Waals surface area contributed by atoms with Gasteiger partial charge in [0.1, 0.15) is 0 Å². The van der Waals surface area contributed by atoms with E-state index in [1.165, 1.54) is 57.8 Å². The van der Waals surface area contributed by atoms with Crippen LogP contribution in [0.3, 0.4) is 0 Å². The predicted molar refractivity (Wildman–Crippen MR) is 87.9 cm³/mol. The zero-order valence-electron chi connectivity index (χ0n) is 14.0. The van der Waals surface area contributed by atoms with Gasteiger partial charge in [0, 0.05) is 0 Å². The van der Waals surface area contributed by atoms with E-state index >= 15 is 0 Å². The normalized spacial score (nSPS) is 23.6. The molecule has 1 aliphatic carbocycles. The second kappa shape index (κ2) is 12.4. The molecule has 1 fully saturated rings. The summed E-state index contributed by atoms with van der Waals surface area (Å²) in [7, 11) is 0. The molecule has 1 rings (SSSR count). The molecular weight excluding hydrogens is 266 g/mol. The van der Waals surface area contributed by atoms with Crippen LogP contribution in [-0.2, 0) is 0 Å². The van der Waals surface area contributed by atoms with Crippen molar-refractivity contribution < 1.29 is 8.78 Å². The lowest BCUT2D eigenvalue weighted by molar-refractivity contribution is 0.258. The van der Waals surface area contributed by atoms with Crippen LogP contribution in [0.15, 0.2) is 0 Å². The Bertz CT molecular complexity index is 230. The first-order valence-electron chi connectivity index (χ1n) is 9.28. The van der Waals surface area contributed by atoms with Gasteiger partial charge in [-0.05, 0) is 56.3 Å². The van der Waals surface area contributed by atoms with Crippen LogP contribution in [0.2, 0.25) is 0 Å². The predicted octanol–water partition coefficient (Wildman–Crippen LogP) is 6.84. The van der Waals surface area contributed by atoms with Crippen LogP contribution >= 0.6 is 0 Å². The number of rotatable bonds is 12. The van der Waals surface area contributed by atoms with Crippen molar-refractivity contribution in [1.82, 2.24) is 0 Å². The second-order valence-corrected chi connectivity index (χ2v) is 6.83. The molecule has 0 nitrogen and oxygen atoms in total. The third-order valence-electron chi connectivity index (χ3n) is 5.05. The van der Waals surface area contributed by atoms with Crippen molar-refractivity contribution in [2.24, 2.45) is 11.8 Å². The fourth-order valence-corrected chi connectivity index (χ4v) is 3.87. The van der Waals surface area contributed by atoms with E-state index in [9.17, 15) is 8.78 Å². The molecule has 1 radical (unpaired) electrons. The summed E-state index contributed by atoms with van der Waals surface area (Å²) in [6.45, 7) is 1.97. The Morgan fingerprint density at radius 1 is 0.857 bits per heavy atom. The summed E-state index contributed by atoms with van der Waals surface area (Å²) < 4.78 is 24.3. The molecule has 2 heteroatoms. The minimum absolute atomic E-state index is 0.154. The van der Waals surface area contributed by atoms with Gasteiger partial charge < -0.3 is 0 Å². The Hall–Kier alpha value is -0.140. The SMILES string of the molecule is CCC[C]1CC(CCCCCF)CCC1CCCCCF. The van der Waals surface area contributed by atoms with Crippen molar-refractivity contribution in [3.63, 3.8) is 0 Å². The number of hydrogen-bond donors (Lipinski definition) is 0. The standard InChI is InChI=1S/C19H35F2/c1-2-9-19-16-17(10-5-3-7-14-20)12-13-18(19)11-6-4-8-15-21/h17-18H,2-16H2,1H3. The van der Waals surface area contributed by atoms with E-state index in [2.05, 4.69) is 6.92 Å². The maximum absolute atomic E-state index is 12.2. The third-order valence-corrected chi connectivity index (χ3v) is 5.05. The number of unbranched alkanes of at least 4 members (excludes halogenated alkanes) is 4. The molecule has 0 amide bonds. The highest BCUT2D eigenvalue weighted by Crippen LogP contribution is 2.42. The highest BCUT2D eigenvalue weighted by Gasteiger charge is 2.29. The summed E-state index contributed by atoms with van der Waals surface area (Å²) in [5.41, 5.74) is 0. The summed E-state index contributed by atoms with van der Waals surface area (Å²) in [6.07, 6.45) is 15.1. The third kappa shape index (κ3) is 8.16. The van der Waals surface area contributed by atoms with E-state index in [0.717, 1.165) is 37.5 Å². The van der Waals surface area contributed by atoms with Gasteiger partial charge in [-0.3, -0.25) is 8.78 Å². The molecule has 2 unspecified atom stereocenters. The van der Waals surface area contributed by atoms with Gasteiger partial charge in [-0.25, -0.2) is 0 Å². The summed E-state index contributed by atoms with van der Waals surface area (Å²) in [4.78, 5) is 0. The van der Waals surface area contributed by atoms with Gasteiger partial charge in [0.15, 0.2) is 0 Å². The molecule has 0 bridgehead atoms. The molecule has 0 spiro atoms. The second-order valence-electron chi connectivity index (χ2n) is 6.83. The van der Waals surface area contributed by atoms with Gasteiger partial charge in [0.05, 0.1) is 13.3 Å². The zero-order valence-corrected chi connectivity index (χ0v) is 14.0. The summed E-state index contributed by atoms with van der Waals surface area (Å²) in [5.74, 6) is 3.46. The molecule has 21 heavy (non-hydrogen) atoms. The summed E-state index contributed by atoms with van der Waals surface area (Å²) in [5, 5.41) is 0. The van der Waals surface area contributed by atoms with Crippen LogP contribution in [0.5, 0.6) is 0 Å². The Kier molecular flexibility index (Phi) is 11.2. The lowest BCUT2D eigenvalue weighted by atomic mass is 9.69. The Morgan fingerprint density at radius 2 is 1.52 bits per heavy atom. The Morgan fingerprint density at radius 3 is 2.14 bits per heavy atom. The molecule has 0 heterocycles. The van der Waals surface area contributed by atoms with Gasteiger partial charge in [-0.2, -0.15) is 0 Å². The molecule has 1 aliphatic rings. The molecule has 1 saturated carbocycles. The average Bonchev–Trinajstić information content (AvgIpc) is 2.50. The highest BCUT2D eigenvalue weighted by atomic mass is 19.1. The van der Waals surface area contributed by atoms with Crippen LogP contribution < -0.4 is 0 Å². The maximum atomic E-state index is 12.2. The first kappa shape index (κ1) is 18.9. The topological polar surface area (TPSA) is 0 Å². The average molecular weight is 301 g/mol. The number of halogens is 2. The first-order valence-corrected chi connectivity index (χ1v) is 9.28. The van der Waals surface area contributed by atoms with E-state index in [4.69, 9.17) is 0 Å². The molecule has 125 valence electrons. The molecule has 2 atom stereocenters.